The zero-order valence-corrected chi connectivity index (χ0v) is 23.5. The Bertz CT molecular complexity index is 1400. The van der Waals surface area contributed by atoms with Gasteiger partial charge in [-0.3, -0.25) is 4.79 Å². The predicted octanol–water partition coefficient (Wildman–Crippen LogP) is 4.93. The van der Waals surface area contributed by atoms with E-state index in [0.29, 0.717) is 44.0 Å². The summed E-state index contributed by atoms with van der Waals surface area (Å²) in [6.07, 6.45) is -4.91. The number of aromatic nitrogens is 2. The third-order valence-corrected chi connectivity index (χ3v) is 7.95. The highest BCUT2D eigenvalue weighted by Gasteiger charge is 2.46. The molecule has 2 atom stereocenters. The highest BCUT2D eigenvalue weighted by atomic mass is 19.4. The Kier molecular flexibility index (Phi) is 8.44. The van der Waals surface area contributed by atoms with E-state index >= 15 is 0 Å². The predicted molar refractivity (Wildman–Crippen MR) is 151 cm³/mol. The molecular weight excluding hydrogens is 551 g/mol. The number of halogens is 3. The van der Waals surface area contributed by atoms with Crippen molar-refractivity contribution in [2.75, 3.05) is 44.0 Å². The molecule has 1 aromatic heterocycles. The Balaban J connectivity index is 1.34. The smallest absolute Gasteiger partial charge is 0.429 e. The van der Waals surface area contributed by atoms with Gasteiger partial charge in [0, 0.05) is 31.3 Å². The summed E-state index contributed by atoms with van der Waals surface area (Å²) in [4.78, 5) is 22.4. The molecule has 0 saturated carbocycles. The molecule has 1 spiro atoms. The van der Waals surface area contributed by atoms with Gasteiger partial charge in [0.1, 0.15) is 17.6 Å². The van der Waals surface area contributed by atoms with Crippen molar-refractivity contribution >= 4 is 17.7 Å². The summed E-state index contributed by atoms with van der Waals surface area (Å²) in [6, 6.07) is 14.8. The van der Waals surface area contributed by atoms with Crippen LogP contribution in [0.3, 0.4) is 0 Å². The lowest BCUT2D eigenvalue weighted by Crippen LogP contribution is -2.41. The molecule has 2 aromatic carbocycles. The number of esters is 1. The quantitative estimate of drug-likeness (QED) is 0.356. The maximum atomic E-state index is 14.4. The van der Waals surface area contributed by atoms with E-state index in [9.17, 15) is 18.0 Å². The number of piperidine rings is 1. The average Bonchev–Trinajstić information content (AvgIpc) is 3.39. The molecule has 0 amide bonds. The van der Waals surface area contributed by atoms with E-state index in [2.05, 4.69) is 15.3 Å². The van der Waals surface area contributed by atoms with Crippen molar-refractivity contribution in [3.8, 4) is 22.8 Å². The number of nitrogen functional groups attached to an aromatic ring is 1. The zero-order valence-electron chi connectivity index (χ0n) is 23.5. The largest absolute Gasteiger partial charge is 0.496 e. The van der Waals surface area contributed by atoms with Gasteiger partial charge in [0.05, 0.1) is 13.7 Å². The van der Waals surface area contributed by atoms with Crippen molar-refractivity contribution in [2.24, 2.45) is 5.41 Å². The highest BCUT2D eigenvalue weighted by molar-refractivity contribution is 5.76. The summed E-state index contributed by atoms with van der Waals surface area (Å²) in [6.45, 7) is 3.98. The molecule has 42 heavy (non-hydrogen) atoms. The number of nitrogens with zero attached hydrogens (tertiary/aromatic N) is 3. The van der Waals surface area contributed by atoms with Crippen molar-refractivity contribution in [3.05, 3.63) is 60.2 Å². The number of ether oxygens (including phenoxy) is 3. The molecule has 0 aliphatic carbocycles. The first-order valence-corrected chi connectivity index (χ1v) is 13.9. The lowest BCUT2D eigenvalue weighted by atomic mass is 9.76. The van der Waals surface area contributed by atoms with E-state index in [1.54, 1.807) is 19.1 Å². The van der Waals surface area contributed by atoms with E-state index in [1.165, 1.54) is 19.2 Å². The molecule has 5 rings (SSSR count). The van der Waals surface area contributed by atoms with E-state index < -0.39 is 12.3 Å². The van der Waals surface area contributed by atoms with E-state index in [4.69, 9.17) is 19.9 Å². The summed E-state index contributed by atoms with van der Waals surface area (Å²) in [5.41, 5.74) is 7.23. The maximum Gasteiger partial charge on any atom is 0.429 e. The normalized spacial score (nSPS) is 19.0. The molecule has 3 N–H and O–H groups in total. The number of carbonyl (C=O) groups excluding carboxylic acids is 1. The van der Waals surface area contributed by atoms with Gasteiger partial charge in [0.2, 0.25) is 17.9 Å². The van der Waals surface area contributed by atoms with Crippen LogP contribution in [0, 0.1) is 5.41 Å². The van der Waals surface area contributed by atoms with Crippen LogP contribution in [0.4, 0.5) is 24.9 Å². The van der Waals surface area contributed by atoms with Crippen LogP contribution in [0.5, 0.6) is 11.6 Å². The molecule has 3 heterocycles. The molecule has 2 aliphatic rings. The average molecular weight is 586 g/mol. The first-order valence-electron chi connectivity index (χ1n) is 13.9. The first-order chi connectivity index (χ1) is 20.1. The number of anilines is 2. The molecule has 2 aliphatic heterocycles. The Morgan fingerprint density at radius 1 is 1.12 bits per heavy atom. The van der Waals surface area contributed by atoms with Crippen molar-refractivity contribution in [3.63, 3.8) is 0 Å². The van der Waals surface area contributed by atoms with E-state index in [1.807, 2.05) is 35.2 Å². The summed E-state index contributed by atoms with van der Waals surface area (Å²) < 4.78 is 59.2. The molecule has 0 radical (unpaired) electrons. The minimum absolute atomic E-state index is 0.0357. The Morgan fingerprint density at radius 3 is 2.52 bits per heavy atom. The number of alkyl halides is 3. The number of hydrogen-bond donors (Lipinski definition) is 2. The van der Waals surface area contributed by atoms with Gasteiger partial charge < -0.3 is 30.2 Å². The minimum Gasteiger partial charge on any atom is -0.496 e. The summed E-state index contributed by atoms with van der Waals surface area (Å²) in [5.74, 6) is -0.312. The van der Waals surface area contributed by atoms with Gasteiger partial charge in [-0.1, -0.05) is 42.5 Å². The van der Waals surface area contributed by atoms with Gasteiger partial charge in [0.15, 0.2) is 0 Å². The first kappa shape index (κ1) is 29.4. The van der Waals surface area contributed by atoms with E-state index in [0.717, 1.165) is 18.4 Å². The lowest BCUT2D eigenvalue weighted by Gasteiger charge is -2.39. The second-order valence-corrected chi connectivity index (χ2v) is 10.7. The van der Waals surface area contributed by atoms with Gasteiger partial charge in [-0.2, -0.15) is 23.1 Å². The summed E-state index contributed by atoms with van der Waals surface area (Å²) in [7, 11) is 1.32. The molecule has 2 fully saturated rings. The fourth-order valence-corrected chi connectivity index (χ4v) is 5.74. The molecule has 224 valence electrons. The lowest BCUT2D eigenvalue weighted by molar-refractivity contribution is -0.199. The van der Waals surface area contributed by atoms with Crippen LogP contribution in [-0.4, -0.2) is 61.5 Å². The van der Waals surface area contributed by atoms with Gasteiger partial charge in [-0.05, 0) is 48.8 Å². The van der Waals surface area contributed by atoms with Gasteiger partial charge in [-0.25, -0.2) is 0 Å². The van der Waals surface area contributed by atoms with Crippen LogP contribution >= 0.6 is 0 Å². The molecule has 0 unspecified atom stereocenters. The SMILES string of the molecule is CCOC(=O)[C@@H]1CC2(CCN(c3cc(O[C@H](c4ccc(-c5ccccc5)cc4OC)C(F)(F)F)nc(N)n3)CC2)CN1. The zero-order chi connectivity index (χ0) is 29.9. The number of hydrogen-bond acceptors (Lipinski definition) is 9. The van der Waals surface area contributed by atoms with Crippen LogP contribution in [0.2, 0.25) is 0 Å². The number of benzene rings is 2. The number of methoxy groups -OCH3 is 1. The van der Waals surface area contributed by atoms with Crippen LogP contribution in [0.1, 0.15) is 37.9 Å². The van der Waals surface area contributed by atoms with Crippen LogP contribution in [0.15, 0.2) is 54.6 Å². The third-order valence-electron chi connectivity index (χ3n) is 7.95. The van der Waals surface area contributed by atoms with Crippen molar-refractivity contribution in [1.82, 2.24) is 15.3 Å². The van der Waals surface area contributed by atoms with Crippen LogP contribution in [0.25, 0.3) is 11.1 Å². The van der Waals surface area contributed by atoms with E-state index in [-0.39, 0.29) is 40.6 Å². The highest BCUT2D eigenvalue weighted by Crippen LogP contribution is 2.43. The summed E-state index contributed by atoms with van der Waals surface area (Å²) in [5, 5.41) is 3.27. The van der Waals surface area contributed by atoms with Crippen molar-refractivity contribution in [1.29, 1.82) is 0 Å². The van der Waals surface area contributed by atoms with Crippen molar-refractivity contribution < 1.29 is 32.2 Å². The molecule has 0 bridgehead atoms. The second kappa shape index (κ2) is 12.0. The number of rotatable bonds is 8. The molecule has 9 nitrogen and oxygen atoms in total. The Labute approximate surface area is 242 Å². The molecular formula is C30H34F3N5O4. The van der Waals surface area contributed by atoms with Gasteiger partial charge >= 0.3 is 12.1 Å². The van der Waals surface area contributed by atoms with Crippen molar-refractivity contribution in [2.45, 2.75) is 44.5 Å². The number of nitrogens with one attached hydrogen (secondary N) is 1. The van der Waals surface area contributed by atoms with Crippen LogP contribution < -0.4 is 25.4 Å². The Morgan fingerprint density at radius 2 is 1.86 bits per heavy atom. The van der Waals surface area contributed by atoms with Gasteiger partial charge in [0.25, 0.3) is 0 Å². The second-order valence-electron chi connectivity index (χ2n) is 10.7. The standard InChI is InChI=1S/C30H34F3N5O4/c1-3-41-27(39)22-17-29(18-35-22)11-13-38(14-12-29)24-16-25(37-28(34)36-24)42-26(30(31,32)33)21-10-9-20(15-23(21)40-2)19-7-5-4-6-8-19/h4-10,15-16,22,26,35H,3,11-14,17-18H2,1-2H3,(H2,34,36,37)/t22-,26+/m0/s1. The molecule has 3 aromatic rings. The number of nitrogens with two attached hydrogens (primary N) is 1. The fraction of sp³-hybridized carbons (Fsp3) is 0.433. The molecule has 12 heteroatoms. The topological polar surface area (TPSA) is 112 Å². The van der Waals surface area contributed by atoms with Crippen LogP contribution in [-0.2, 0) is 9.53 Å². The fourth-order valence-electron chi connectivity index (χ4n) is 5.74. The molecule has 2 saturated heterocycles. The third kappa shape index (κ3) is 6.38. The minimum atomic E-state index is -4.77. The van der Waals surface area contributed by atoms with Gasteiger partial charge in [-0.15, -0.1) is 0 Å². The number of carbonyl (C=O) groups is 1. The monoisotopic (exact) mass is 585 g/mol. The maximum absolute atomic E-state index is 14.4. The Hall–Kier alpha value is -4.06. The summed E-state index contributed by atoms with van der Waals surface area (Å²) >= 11 is 0.